The van der Waals surface area contributed by atoms with Crippen molar-refractivity contribution < 1.29 is 19.1 Å². The highest BCUT2D eigenvalue weighted by Crippen LogP contribution is 2.48. The maximum absolute atomic E-state index is 11.7. The van der Waals surface area contributed by atoms with E-state index < -0.39 is 5.97 Å². The lowest BCUT2D eigenvalue weighted by molar-refractivity contribution is -0.139. The maximum Gasteiger partial charge on any atom is 0.402 e. The fourth-order valence-electron chi connectivity index (χ4n) is 3.59. The molecule has 0 amide bonds. The minimum absolute atomic E-state index is 0.134. The smallest absolute Gasteiger partial charge is 0.402 e. The summed E-state index contributed by atoms with van der Waals surface area (Å²) in [5.74, 6) is 0.941. The third kappa shape index (κ3) is 5.59. The fraction of sp³-hybridized carbons (Fsp3) is 0.185. The van der Waals surface area contributed by atoms with E-state index in [1.807, 2.05) is 48.5 Å². The number of nitriles is 1. The second kappa shape index (κ2) is 10.3. The first-order valence-corrected chi connectivity index (χ1v) is 10.7. The molecule has 34 heavy (non-hydrogen) atoms. The molecule has 7 nitrogen and oxygen atoms in total. The van der Waals surface area contributed by atoms with Crippen molar-refractivity contribution in [2.45, 2.75) is 18.9 Å². The van der Waals surface area contributed by atoms with Crippen LogP contribution in [0.2, 0.25) is 0 Å². The number of hydrogen-bond donors (Lipinski definition) is 1. The Morgan fingerprint density at radius 2 is 1.65 bits per heavy atom. The Balaban J connectivity index is 1.23. The van der Waals surface area contributed by atoms with Gasteiger partial charge in [-0.1, -0.05) is 41.2 Å². The molecule has 1 N–H and O–H groups in total. The van der Waals surface area contributed by atoms with Crippen LogP contribution in [0.3, 0.4) is 0 Å². The molecule has 3 aromatic rings. The SMILES string of the molecule is C#[N+]OC(=O)C1CC1c1ccc(OCc2ccc(OCC(=N)c3ccc(C#N)cc3)cc2)cc1. The van der Waals surface area contributed by atoms with Crippen LogP contribution in [0.25, 0.3) is 5.01 Å². The molecule has 1 saturated carbocycles. The van der Waals surface area contributed by atoms with E-state index >= 15 is 0 Å². The van der Waals surface area contributed by atoms with Crippen LogP contribution in [0, 0.1) is 29.2 Å². The van der Waals surface area contributed by atoms with Gasteiger partial charge in [0.05, 0.1) is 23.3 Å². The molecule has 1 fully saturated rings. The zero-order valence-electron chi connectivity index (χ0n) is 18.3. The lowest BCUT2D eigenvalue weighted by Crippen LogP contribution is -2.11. The monoisotopic (exact) mass is 452 g/mol. The first kappa shape index (κ1) is 22.6. The van der Waals surface area contributed by atoms with Crippen LogP contribution >= 0.6 is 0 Å². The van der Waals surface area contributed by atoms with Gasteiger partial charge in [-0.3, -0.25) is 0 Å². The van der Waals surface area contributed by atoms with Crippen LogP contribution in [0.5, 0.6) is 11.5 Å². The summed E-state index contributed by atoms with van der Waals surface area (Å²) in [6.07, 6.45) is 0.732. The van der Waals surface area contributed by atoms with E-state index in [2.05, 4.69) is 15.9 Å². The minimum Gasteiger partial charge on any atom is -0.489 e. The quantitative estimate of drug-likeness (QED) is 0.360. The molecule has 7 heteroatoms. The molecule has 3 aromatic carbocycles. The predicted octanol–water partition coefficient (Wildman–Crippen LogP) is 5.11. The summed E-state index contributed by atoms with van der Waals surface area (Å²) in [6.45, 7) is 5.42. The van der Waals surface area contributed by atoms with E-state index in [0.717, 1.165) is 28.9 Å². The molecule has 1 aliphatic carbocycles. The number of ether oxygens (including phenoxy) is 2. The summed E-state index contributed by atoms with van der Waals surface area (Å²) in [5, 5.41) is 19.9. The second-order valence-corrected chi connectivity index (χ2v) is 7.92. The Labute approximate surface area is 197 Å². The number of rotatable bonds is 9. The first-order valence-electron chi connectivity index (χ1n) is 10.7. The van der Waals surface area contributed by atoms with E-state index in [-0.39, 0.29) is 18.4 Å². The maximum atomic E-state index is 11.7. The van der Waals surface area contributed by atoms with Crippen molar-refractivity contribution in [3.8, 4) is 24.1 Å². The van der Waals surface area contributed by atoms with E-state index in [9.17, 15) is 4.79 Å². The third-order valence-electron chi connectivity index (χ3n) is 5.62. The highest BCUT2D eigenvalue weighted by Gasteiger charge is 2.47. The standard InChI is InChI=1S/C27H22N3O4/c1-30-34-27(31)25-14-24(25)20-8-12-23(13-9-20)32-16-19-4-10-22(11-5-19)33-17-26(29)21-6-2-18(15-28)3-7-21/h1-13,24-25,29H,14,16-17H2/q+1. The molecule has 168 valence electrons. The number of nitrogens with one attached hydrogen (secondary N) is 1. The van der Waals surface area contributed by atoms with Crippen molar-refractivity contribution in [2.75, 3.05) is 6.61 Å². The normalized spacial score (nSPS) is 15.9. The molecular weight excluding hydrogens is 430 g/mol. The lowest BCUT2D eigenvalue weighted by Gasteiger charge is -2.10. The van der Waals surface area contributed by atoms with Crippen molar-refractivity contribution in [1.82, 2.24) is 0 Å². The lowest BCUT2D eigenvalue weighted by atomic mass is 10.1. The fourth-order valence-corrected chi connectivity index (χ4v) is 3.59. The molecule has 0 aliphatic heterocycles. The topological polar surface area (TPSA) is 96.8 Å². The van der Waals surface area contributed by atoms with Gasteiger partial charge in [0.1, 0.15) is 24.7 Å². The average Bonchev–Trinajstić information content (AvgIpc) is 3.68. The molecular formula is C27H22N3O4+. The molecule has 0 heterocycles. The summed E-state index contributed by atoms with van der Waals surface area (Å²) in [4.78, 5) is 16.2. The Kier molecular flexibility index (Phi) is 6.86. The average molecular weight is 452 g/mol. The van der Waals surface area contributed by atoms with E-state index in [1.165, 1.54) is 0 Å². The Bertz CT molecular complexity index is 1250. The molecule has 0 radical (unpaired) electrons. The number of hydrogen-bond acceptors (Lipinski definition) is 6. The van der Waals surface area contributed by atoms with Gasteiger partial charge >= 0.3 is 12.5 Å². The number of carbonyl (C=O) groups is 1. The van der Waals surface area contributed by atoms with Gasteiger partial charge in [0.15, 0.2) is 0 Å². The van der Waals surface area contributed by atoms with Gasteiger partial charge in [-0.05, 0) is 65.4 Å². The summed E-state index contributed by atoms with van der Waals surface area (Å²) < 4.78 is 11.6. The van der Waals surface area contributed by atoms with Gasteiger partial charge in [-0.15, -0.1) is 0 Å². The van der Waals surface area contributed by atoms with E-state index in [1.54, 1.807) is 24.3 Å². The Morgan fingerprint density at radius 3 is 2.29 bits per heavy atom. The summed E-state index contributed by atoms with van der Waals surface area (Å²) in [6, 6.07) is 24.1. The van der Waals surface area contributed by atoms with E-state index in [0.29, 0.717) is 23.6 Å². The molecule has 2 atom stereocenters. The zero-order valence-corrected chi connectivity index (χ0v) is 18.3. The summed E-state index contributed by atoms with van der Waals surface area (Å²) in [7, 11) is 0. The second-order valence-electron chi connectivity index (χ2n) is 7.92. The Morgan fingerprint density at radius 1 is 1.00 bits per heavy atom. The van der Waals surface area contributed by atoms with Crippen molar-refractivity contribution >= 4 is 11.7 Å². The van der Waals surface area contributed by atoms with Gasteiger partial charge in [-0.25, -0.2) is 4.79 Å². The van der Waals surface area contributed by atoms with E-state index in [4.69, 9.17) is 26.7 Å². The minimum atomic E-state index is -0.397. The molecule has 2 unspecified atom stereocenters. The molecule has 4 rings (SSSR count). The van der Waals surface area contributed by atoms with Gasteiger partial charge < -0.3 is 14.9 Å². The van der Waals surface area contributed by atoms with Gasteiger partial charge in [0.25, 0.3) is 0 Å². The van der Waals surface area contributed by atoms with Crippen LogP contribution in [-0.4, -0.2) is 18.3 Å². The first-order chi connectivity index (χ1) is 16.6. The molecule has 0 spiro atoms. The number of carbonyl (C=O) groups excluding carboxylic acids is 1. The third-order valence-corrected chi connectivity index (χ3v) is 5.62. The Hall–Kier alpha value is -4.62. The molecule has 0 saturated heterocycles. The van der Waals surface area contributed by atoms with Crippen molar-refractivity contribution in [3.05, 3.63) is 100 Å². The largest absolute Gasteiger partial charge is 0.489 e. The summed E-state index contributed by atoms with van der Waals surface area (Å²) >= 11 is 0. The van der Waals surface area contributed by atoms with Gasteiger partial charge in [0.2, 0.25) is 5.01 Å². The van der Waals surface area contributed by atoms with Crippen LogP contribution < -0.4 is 9.47 Å². The predicted molar refractivity (Wildman–Crippen MR) is 126 cm³/mol. The van der Waals surface area contributed by atoms with Crippen LogP contribution in [0.15, 0.2) is 72.8 Å². The summed E-state index contributed by atoms with van der Waals surface area (Å²) in [5.41, 5.74) is 3.65. The molecule has 1 aliphatic rings. The van der Waals surface area contributed by atoms with Crippen LogP contribution in [0.4, 0.5) is 0 Å². The highest BCUT2D eigenvalue weighted by atomic mass is 16.7. The molecule has 0 aromatic heterocycles. The molecule has 0 bridgehead atoms. The van der Waals surface area contributed by atoms with Crippen molar-refractivity contribution in [1.29, 1.82) is 10.7 Å². The zero-order chi connectivity index (χ0) is 23.9. The van der Waals surface area contributed by atoms with Gasteiger partial charge in [0, 0.05) is 0 Å². The van der Waals surface area contributed by atoms with Gasteiger partial charge in [-0.2, -0.15) is 5.26 Å². The van der Waals surface area contributed by atoms with Crippen LogP contribution in [0.1, 0.15) is 34.6 Å². The number of benzene rings is 3. The number of nitrogens with zero attached hydrogens (tertiary/aromatic N) is 2. The van der Waals surface area contributed by atoms with Crippen LogP contribution in [-0.2, 0) is 16.2 Å². The van der Waals surface area contributed by atoms with Crippen molar-refractivity contribution in [3.63, 3.8) is 0 Å². The van der Waals surface area contributed by atoms with Crippen molar-refractivity contribution in [2.24, 2.45) is 5.92 Å². The highest BCUT2D eigenvalue weighted by molar-refractivity contribution is 5.99.